The van der Waals surface area contributed by atoms with Gasteiger partial charge in [-0.2, -0.15) is 0 Å². The summed E-state index contributed by atoms with van der Waals surface area (Å²) in [4.78, 5) is 12.0. The number of carbonyl (C=O) groups is 1. The van der Waals surface area contributed by atoms with Crippen LogP contribution >= 0.6 is 0 Å². The summed E-state index contributed by atoms with van der Waals surface area (Å²) in [6.45, 7) is 8.73. The minimum atomic E-state index is -0.467. The molecule has 2 aliphatic rings. The smallest absolute Gasteiger partial charge is 0.311 e. The minimum absolute atomic E-state index is 0.0357. The van der Waals surface area contributed by atoms with Crippen LogP contribution in [0.1, 0.15) is 72.6 Å². The number of esters is 1. The molecule has 2 rings (SSSR count). The van der Waals surface area contributed by atoms with Crippen molar-refractivity contribution in [2.75, 3.05) is 13.2 Å². The first-order chi connectivity index (χ1) is 12.3. The van der Waals surface area contributed by atoms with E-state index in [4.69, 9.17) is 14.2 Å². The molecule has 0 N–H and O–H groups in total. The van der Waals surface area contributed by atoms with Crippen molar-refractivity contribution in [2.24, 2.45) is 11.3 Å². The molecular formula is C22H36O4. The second-order valence-corrected chi connectivity index (χ2v) is 8.51. The van der Waals surface area contributed by atoms with Crippen molar-refractivity contribution in [1.29, 1.82) is 0 Å². The van der Waals surface area contributed by atoms with Crippen LogP contribution in [0.4, 0.5) is 0 Å². The van der Waals surface area contributed by atoms with Gasteiger partial charge in [-0.15, -0.1) is 0 Å². The van der Waals surface area contributed by atoms with Gasteiger partial charge in [0.25, 0.3) is 0 Å². The van der Waals surface area contributed by atoms with E-state index in [0.717, 1.165) is 38.5 Å². The van der Waals surface area contributed by atoms with Gasteiger partial charge in [-0.25, -0.2) is 0 Å². The number of carbonyl (C=O) groups excluding carboxylic acids is 1. The molecule has 2 atom stereocenters. The number of ether oxygens (including phenoxy) is 3. The number of allylic oxidation sites excluding steroid dienone is 4. The maximum absolute atomic E-state index is 12.0. The molecule has 0 aromatic rings. The van der Waals surface area contributed by atoms with Gasteiger partial charge >= 0.3 is 5.97 Å². The van der Waals surface area contributed by atoms with Crippen LogP contribution in [0, 0.1) is 11.3 Å². The summed E-state index contributed by atoms with van der Waals surface area (Å²) in [5.74, 6) is -0.123. The maximum Gasteiger partial charge on any atom is 0.311 e. The zero-order valence-corrected chi connectivity index (χ0v) is 17.0. The third kappa shape index (κ3) is 6.55. The van der Waals surface area contributed by atoms with E-state index in [1.165, 1.54) is 0 Å². The summed E-state index contributed by atoms with van der Waals surface area (Å²) in [5.41, 5.74) is -0.467. The van der Waals surface area contributed by atoms with Crippen LogP contribution in [0.2, 0.25) is 0 Å². The van der Waals surface area contributed by atoms with Crippen LogP contribution in [0.15, 0.2) is 24.3 Å². The minimum Gasteiger partial charge on any atom is -0.465 e. The molecule has 0 radical (unpaired) electrons. The van der Waals surface area contributed by atoms with Crippen molar-refractivity contribution in [1.82, 2.24) is 0 Å². The Labute approximate surface area is 159 Å². The normalized spacial score (nSPS) is 23.2. The SMILES string of the molecule is CCOC1(O[C@H](CCOC(=O)C(C)(C)C)CC2C=CC=CC2)CCCC1. The van der Waals surface area contributed by atoms with Gasteiger partial charge in [0.2, 0.25) is 0 Å². The van der Waals surface area contributed by atoms with Crippen molar-refractivity contribution < 1.29 is 19.0 Å². The van der Waals surface area contributed by atoms with E-state index in [0.29, 0.717) is 25.6 Å². The Kier molecular flexibility index (Phi) is 7.90. The monoisotopic (exact) mass is 364 g/mol. The van der Waals surface area contributed by atoms with Crippen LogP contribution in [0.25, 0.3) is 0 Å². The molecule has 0 aromatic carbocycles. The van der Waals surface area contributed by atoms with Crippen LogP contribution in [-0.4, -0.2) is 31.1 Å². The van der Waals surface area contributed by atoms with Gasteiger partial charge < -0.3 is 14.2 Å². The first-order valence-corrected chi connectivity index (χ1v) is 10.2. The van der Waals surface area contributed by atoms with E-state index >= 15 is 0 Å². The zero-order valence-electron chi connectivity index (χ0n) is 17.0. The fraction of sp³-hybridized carbons (Fsp3) is 0.773. The molecule has 0 bridgehead atoms. The van der Waals surface area contributed by atoms with Gasteiger partial charge in [-0.3, -0.25) is 4.79 Å². The van der Waals surface area contributed by atoms with Gasteiger partial charge in [-0.1, -0.05) is 24.3 Å². The lowest BCUT2D eigenvalue weighted by atomic mass is 9.93. The Bertz CT molecular complexity index is 495. The Morgan fingerprint density at radius 3 is 2.54 bits per heavy atom. The Hall–Kier alpha value is -1.13. The topological polar surface area (TPSA) is 44.8 Å². The molecule has 0 aromatic heterocycles. The molecule has 0 amide bonds. The third-order valence-electron chi connectivity index (χ3n) is 5.07. The molecule has 0 saturated heterocycles. The average molecular weight is 365 g/mol. The summed E-state index contributed by atoms with van der Waals surface area (Å²) in [5, 5.41) is 0. The van der Waals surface area contributed by atoms with Crippen molar-refractivity contribution in [2.45, 2.75) is 84.5 Å². The summed E-state index contributed by atoms with van der Waals surface area (Å²) < 4.78 is 18.1. The predicted octanol–water partition coefficient (Wildman–Crippen LogP) is 5.18. The summed E-state index contributed by atoms with van der Waals surface area (Å²) in [7, 11) is 0. The van der Waals surface area contributed by atoms with E-state index < -0.39 is 11.2 Å². The second-order valence-electron chi connectivity index (χ2n) is 8.51. The second kappa shape index (κ2) is 9.70. The highest BCUT2D eigenvalue weighted by molar-refractivity contribution is 5.75. The van der Waals surface area contributed by atoms with E-state index in [-0.39, 0.29) is 12.1 Å². The lowest BCUT2D eigenvalue weighted by molar-refractivity contribution is -0.257. The van der Waals surface area contributed by atoms with Gasteiger partial charge in [-0.05, 0) is 59.3 Å². The number of hydrogen-bond acceptors (Lipinski definition) is 4. The van der Waals surface area contributed by atoms with E-state index in [1.54, 1.807) is 0 Å². The lowest BCUT2D eigenvalue weighted by Gasteiger charge is -2.35. The quantitative estimate of drug-likeness (QED) is 0.418. The lowest BCUT2D eigenvalue weighted by Crippen LogP contribution is -2.38. The largest absolute Gasteiger partial charge is 0.465 e. The van der Waals surface area contributed by atoms with E-state index in [2.05, 4.69) is 24.3 Å². The summed E-state index contributed by atoms with van der Waals surface area (Å²) >= 11 is 0. The molecule has 0 heterocycles. The van der Waals surface area contributed by atoms with Crippen LogP contribution < -0.4 is 0 Å². The molecular weight excluding hydrogens is 328 g/mol. The molecule has 4 heteroatoms. The third-order valence-corrected chi connectivity index (χ3v) is 5.07. The van der Waals surface area contributed by atoms with Crippen molar-refractivity contribution in [3.8, 4) is 0 Å². The van der Waals surface area contributed by atoms with Gasteiger partial charge in [0.05, 0.1) is 18.1 Å². The Morgan fingerprint density at radius 1 is 1.23 bits per heavy atom. The summed E-state index contributed by atoms with van der Waals surface area (Å²) in [6, 6.07) is 0. The van der Waals surface area contributed by atoms with E-state index in [1.807, 2.05) is 27.7 Å². The molecule has 1 saturated carbocycles. The van der Waals surface area contributed by atoms with Crippen LogP contribution in [0.3, 0.4) is 0 Å². The van der Waals surface area contributed by atoms with Crippen molar-refractivity contribution in [3.05, 3.63) is 24.3 Å². The average Bonchev–Trinajstić information content (AvgIpc) is 3.03. The standard InChI is InChI=1S/C22H36O4/c1-5-25-22(14-9-10-15-22)26-19(17-18-11-7-6-8-12-18)13-16-24-20(23)21(2,3)4/h6-8,11,18-19H,5,9-10,12-17H2,1-4H3/t18?,19-/m1/s1. The van der Waals surface area contributed by atoms with Crippen molar-refractivity contribution >= 4 is 5.97 Å². The highest BCUT2D eigenvalue weighted by Gasteiger charge is 2.38. The highest BCUT2D eigenvalue weighted by atomic mass is 16.7. The van der Waals surface area contributed by atoms with Crippen LogP contribution in [-0.2, 0) is 19.0 Å². The molecule has 0 spiro atoms. The summed E-state index contributed by atoms with van der Waals surface area (Å²) in [6.07, 6.45) is 15.6. The molecule has 148 valence electrons. The first kappa shape index (κ1) is 21.2. The molecule has 1 fully saturated rings. The molecule has 4 nitrogen and oxygen atoms in total. The zero-order chi connectivity index (χ0) is 19.0. The van der Waals surface area contributed by atoms with Gasteiger partial charge in [0.15, 0.2) is 5.79 Å². The van der Waals surface area contributed by atoms with Gasteiger partial charge in [0.1, 0.15) is 0 Å². The molecule has 26 heavy (non-hydrogen) atoms. The number of rotatable bonds is 9. The van der Waals surface area contributed by atoms with Crippen LogP contribution in [0.5, 0.6) is 0 Å². The number of hydrogen-bond donors (Lipinski definition) is 0. The fourth-order valence-corrected chi connectivity index (χ4v) is 3.65. The molecule has 2 aliphatic carbocycles. The predicted molar refractivity (Wildman–Crippen MR) is 104 cm³/mol. The van der Waals surface area contributed by atoms with Gasteiger partial charge in [0, 0.05) is 25.9 Å². The fourth-order valence-electron chi connectivity index (χ4n) is 3.65. The maximum atomic E-state index is 12.0. The Morgan fingerprint density at radius 2 is 1.96 bits per heavy atom. The first-order valence-electron chi connectivity index (χ1n) is 10.2. The molecule has 0 aliphatic heterocycles. The van der Waals surface area contributed by atoms with Crippen molar-refractivity contribution in [3.63, 3.8) is 0 Å². The highest BCUT2D eigenvalue weighted by Crippen LogP contribution is 2.37. The molecule has 1 unspecified atom stereocenters. The van der Waals surface area contributed by atoms with E-state index in [9.17, 15) is 4.79 Å². The Balaban J connectivity index is 1.95.